The summed E-state index contributed by atoms with van der Waals surface area (Å²) in [6.45, 7) is 5.09. The van der Waals surface area contributed by atoms with Gasteiger partial charge in [-0.15, -0.1) is 0 Å². The van der Waals surface area contributed by atoms with E-state index in [-0.39, 0.29) is 0 Å². The maximum Gasteiger partial charge on any atom is 0.159 e. The van der Waals surface area contributed by atoms with Crippen LogP contribution in [0.25, 0.3) is 0 Å². The molecular formula is C13H19BrN4O. The van der Waals surface area contributed by atoms with Gasteiger partial charge in [-0.05, 0) is 47.5 Å². The summed E-state index contributed by atoms with van der Waals surface area (Å²) in [7, 11) is 0. The Bertz CT molecular complexity index is 474. The first-order valence-electron chi connectivity index (χ1n) is 6.73. The van der Waals surface area contributed by atoms with Crippen molar-refractivity contribution in [2.45, 2.75) is 32.3 Å². The van der Waals surface area contributed by atoms with Gasteiger partial charge >= 0.3 is 0 Å². The number of aromatic nitrogens is 2. The average molecular weight is 327 g/mol. The Labute approximate surface area is 121 Å². The van der Waals surface area contributed by atoms with E-state index >= 15 is 0 Å². The Hall–Kier alpha value is -0.880. The van der Waals surface area contributed by atoms with Crippen molar-refractivity contribution < 1.29 is 4.74 Å². The molecule has 3 heterocycles. The van der Waals surface area contributed by atoms with Crippen molar-refractivity contribution in [3.8, 4) is 0 Å². The second-order valence-electron chi connectivity index (χ2n) is 5.72. The van der Waals surface area contributed by atoms with E-state index in [1.54, 1.807) is 6.20 Å². The number of hydrogen-bond acceptors (Lipinski definition) is 5. The van der Waals surface area contributed by atoms with Gasteiger partial charge in [0.1, 0.15) is 10.4 Å². The van der Waals surface area contributed by atoms with E-state index in [1.165, 1.54) is 6.42 Å². The highest BCUT2D eigenvalue weighted by atomic mass is 79.9. The van der Waals surface area contributed by atoms with Crippen molar-refractivity contribution in [1.82, 2.24) is 9.97 Å². The van der Waals surface area contributed by atoms with Crippen LogP contribution < -0.4 is 10.6 Å². The minimum atomic E-state index is 0.393. The third-order valence-corrected chi connectivity index (χ3v) is 4.89. The lowest BCUT2D eigenvalue weighted by atomic mass is 9.77. The summed E-state index contributed by atoms with van der Waals surface area (Å²) < 4.78 is 6.36. The lowest BCUT2D eigenvalue weighted by Gasteiger charge is -2.38. The van der Waals surface area contributed by atoms with E-state index in [0.717, 1.165) is 38.4 Å². The monoisotopic (exact) mass is 326 g/mol. The van der Waals surface area contributed by atoms with Gasteiger partial charge in [0, 0.05) is 13.1 Å². The Balaban J connectivity index is 1.68. The summed E-state index contributed by atoms with van der Waals surface area (Å²) in [5.41, 5.74) is 6.19. The van der Waals surface area contributed by atoms with Gasteiger partial charge in [0.15, 0.2) is 5.82 Å². The molecule has 0 aliphatic carbocycles. The Morgan fingerprint density at radius 1 is 1.47 bits per heavy atom. The molecule has 1 spiro atoms. The number of halogens is 1. The molecule has 0 amide bonds. The molecule has 6 heteroatoms. The summed E-state index contributed by atoms with van der Waals surface area (Å²) in [5.74, 6) is 1.33. The molecule has 1 aromatic heterocycles. The van der Waals surface area contributed by atoms with Gasteiger partial charge in [-0.2, -0.15) is 0 Å². The quantitative estimate of drug-likeness (QED) is 0.857. The van der Waals surface area contributed by atoms with Crippen LogP contribution in [0.1, 0.15) is 26.2 Å². The van der Waals surface area contributed by atoms with Gasteiger partial charge in [-0.1, -0.05) is 0 Å². The minimum Gasteiger partial charge on any atom is -0.381 e. The zero-order valence-corrected chi connectivity index (χ0v) is 12.7. The molecule has 1 atom stereocenters. The van der Waals surface area contributed by atoms with E-state index in [0.29, 0.717) is 21.9 Å². The van der Waals surface area contributed by atoms with Crippen molar-refractivity contribution in [2.75, 3.05) is 30.3 Å². The largest absolute Gasteiger partial charge is 0.381 e. The van der Waals surface area contributed by atoms with Crippen LogP contribution in [0.2, 0.25) is 0 Å². The lowest BCUT2D eigenvalue weighted by molar-refractivity contribution is 0.0976. The van der Waals surface area contributed by atoms with Crippen molar-refractivity contribution in [2.24, 2.45) is 5.41 Å². The zero-order valence-electron chi connectivity index (χ0n) is 11.1. The molecule has 104 valence electrons. The number of nitrogen functional groups attached to an aromatic ring is 1. The fraction of sp³-hybridized carbons (Fsp3) is 0.692. The molecule has 0 radical (unpaired) electrons. The third kappa shape index (κ3) is 2.56. The molecular weight excluding hydrogens is 308 g/mol. The van der Waals surface area contributed by atoms with Crippen LogP contribution in [0, 0.1) is 5.41 Å². The second kappa shape index (κ2) is 4.90. The topological polar surface area (TPSA) is 64.3 Å². The molecule has 0 aromatic carbocycles. The van der Waals surface area contributed by atoms with Gasteiger partial charge < -0.3 is 15.4 Å². The summed E-state index contributed by atoms with van der Waals surface area (Å²) in [6, 6.07) is 0. The molecule has 0 saturated carbocycles. The highest BCUT2D eigenvalue weighted by Crippen LogP contribution is 2.42. The highest BCUT2D eigenvalue weighted by Gasteiger charge is 2.41. The van der Waals surface area contributed by atoms with Crippen LogP contribution in [0.5, 0.6) is 0 Å². The number of hydrogen-bond donors (Lipinski definition) is 1. The van der Waals surface area contributed by atoms with Crippen LogP contribution in [0.15, 0.2) is 10.8 Å². The molecule has 19 heavy (non-hydrogen) atoms. The lowest BCUT2D eigenvalue weighted by Crippen LogP contribution is -2.41. The van der Waals surface area contributed by atoms with Gasteiger partial charge in [0.05, 0.1) is 18.9 Å². The van der Waals surface area contributed by atoms with E-state index in [9.17, 15) is 0 Å². The first kappa shape index (κ1) is 13.1. The molecule has 0 unspecified atom stereocenters. The van der Waals surface area contributed by atoms with Crippen LogP contribution in [0.4, 0.5) is 11.6 Å². The Kier molecular flexibility index (Phi) is 3.39. The predicted molar refractivity (Wildman–Crippen MR) is 78.1 cm³/mol. The molecule has 1 aromatic rings. The number of ether oxygens (including phenoxy) is 1. The molecule has 0 bridgehead atoms. The Morgan fingerprint density at radius 3 is 2.79 bits per heavy atom. The van der Waals surface area contributed by atoms with Crippen molar-refractivity contribution in [3.63, 3.8) is 0 Å². The standard InChI is InChI=1S/C13H19BrN4O/c1-9-6-13(8-19-9)2-4-18(5-3-13)10-7-16-11(14)12(15)17-10/h7,9H,2-6,8H2,1H3,(H2,15,17)/t9-/m0/s1. The molecule has 3 rings (SSSR count). The van der Waals surface area contributed by atoms with Gasteiger partial charge in [-0.3, -0.25) is 0 Å². The fourth-order valence-corrected chi connectivity index (χ4v) is 3.33. The number of nitrogens with zero attached hydrogens (tertiary/aromatic N) is 3. The number of nitrogens with two attached hydrogens (primary N) is 1. The molecule has 2 N–H and O–H groups in total. The van der Waals surface area contributed by atoms with Crippen molar-refractivity contribution in [3.05, 3.63) is 10.8 Å². The number of piperidine rings is 1. The van der Waals surface area contributed by atoms with Crippen LogP contribution in [0.3, 0.4) is 0 Å². The predicted octanol–water partition coefficient (Wildman–Crippen LogP) is 2.22. The van der Waals surface area contributed by atoms with Crippen LogP contribution in [-0.2, 0) is 4.74 Å². The zero-order chi connectivity index (χ0) is 13.5. The van der Waals surface area contributed by atoms with Gasteiger partial charge in [0.2, 0.25) is 0 Å². The van der Waals surface area contributed by atoms with Crippen LogP contribution in [-0.4, -0.2) is 35.8 Å². The van der Waals surface area contributed by atoms with Gasteiger partial charge in [-0.25, -0.2) is 9.97 Å². The first-order valence-corrected chi connectivity index (χ1v) is 7.52. The van der Waals surface area contributed by atoms with Crippen molar-refractivity contribution in [1.29, 1.82) is 0 Å². The average Bonchev–Trinajstić information content (AvgIpc) is 2.75. The molecule has 2 fully saturated rings. The Morgan fingerprint density at radius 2 is 2.21 bits per heavy atom. The minimum absolute atomic E-state index is 0.393. The maximum absolute atomic E-state index is 5.79. The summed E-state index contributed by atoms with van der Waals surface area (Å²) in [4.78, 5) is 10.9. The third-order valence-electron chi connectivity index (χ3n) is 4.28. The summed E-state index contributed by atoms with van der Waals surface area (Å²) in [6.07, 6.45) is 5.71. The molecule has 2 aliphatic rings. The molecule has 5 nitrogen and oxygen atoms in total. The normalized spacial score (nSPS) is 26.0. The summed E-state index contributed by atoms with van der Waals surface area (Å²) >= 11 is 3.28. The van der Waals surface area contributed by atoms with E-state index in [2.05, 4.69) is 37.7 Å². The maximum atomic E-state index is 5.79. The SMILES string of the molecule is C[C@H]1CC2(CCN(c3cnc(Br)c(N)n3)CC2)CO1. The van der Waals surface area contributed by atoms with E-state index in [1.807, 2.05) is 0 Å². The smallest absolute Gasteiger partial charge is 0.159 e. The fourth-order valence-electron chi connectivity index (χ4n) is 3.14. The number of rotatable bonds is 1. The molecule has 2 aliphatic heterocycles. The van der Waals surface area contributed by atoms with Crippen molar-refractivity contribution >= 4 is 27.6 Å². The van der Waals surface area contributed by atoms with Gasteiger partial charge in [0.25, 0.3) is 0 Å². The second-order valence-corrected chi connectivity index (χ2v) is 6.47. The summed E-state index contributed by atoms with van der Waals surface area (Å²) in [5, 5.41) is 0. The van der Waals surface area contributed by atoms with E-state index < -0.39 is 0 Å². The highest BCUT2D eigenvalue weighted by molar-refractivity contribution is 9.10. The van der Waals surface area contributed by atoms with Crippen LogP contribution >= 0.6 is 15.9 Å². The number of anilines is 2. The first-order chi connectivity index (χ1) is 9.08. The molecule has 2 saturated heterocycles. The van der Waals surface area contributed by atoms with E-state index in [4.69, 9.17) is 10.5 Å².